The molecule has 0 amide bonds. The van der Waals surface area contributed by atoms with Crippen molar-refractivity contribution in [2.45, 2.75) is 26.4 Å². The van der Waals surface area contributed by atoms with Crippen molar-refractivity contribution < 1.29 is 9.52 Å². The maximum absolute atomic E-state index is 10.5. The predicted molar refractivity (Wildman–Crippen MR) is 78.5 cm³/mol. The Labute approximate surface area is 118 Å². The number of hydrogen-bond donors (Lipinski definition) is 2. The highest BCUT2D eigenvalue weighted by molar-refractivity contribution is 6.31. The summed E-state index contributed by atoms with van der Waals surface area (Å²) in [7, 11) is 0. The first kappa shape index (κ1) is 14.4. The second-order valence-corrected chi connectivity index (χ2v) is 6.03. The van der Waals surface area contributed by atoms with E-state index < -0.39 is 5.60 Å². The summed E-state index contributed by atoms with van der Waals surface area (Å²) in [5, 5.41) is 15.3. The molecule has 1 atom stereocenters. The summed E-state index contributed by atoms with van der Waals surface area (Å²) < 4.78 is 5.70. The van der Waals surface area contributed by atoms with Crippen molar-refractivity contribution in [3.8, 4) is 0 Å². The summed E-state index contributed by atoms with van der Waals surface area (Å²) in [5.74, 6) is 1.10. The summed E-state index contributed by atoms with van der Waals surface area (Å²) in [5.41, 5.74) is -0.288. The van der Waals surface area contributed by atoms with Gasteiger partial charge in [-0.1, -0.05) is 25.4 Å². The zero-order chi connectivity index (χ0) is 14.0. The molecule has 4 heteroatoms. The molecular formula is C15H20ClNO2. The lowest BCUT2D eigenvalue weighted by atomic mass is 10.0. The SMILES string of the molecule is CC(C)CNCC(C)(O)c1cc2cc(Cl)ccc2o1. The number of nitrogens with one attached hydrogen (secondary N) is 1. The van der Waals surface area contributed by atoms with Gasteiger partial charge in [0.15, 0.2) is 0 Å². The topological polar surface area (TPSA) is 45.4 Å². The molecule has 0 saturated heterocycles. The molecule has 0 spiro atoms. The van der Waals surface area contributed by atoms with Crippen LogP contribution in [0.5, 0.6) is 0 Å². The summed E-state index contributed by atoms with van der Waals surface area (Å²) in [6, 6.07) is 7.28. The van der Waals surface area contributed by atoms with Gasteiger partial charge in [-0.05, 0) is 43.7 Å². The Hall–Kier alpha value is -1.03. The molecule has 19 heavy (non-hydrogen) atoms. The number of benzene rings is 1. The molecule has 1 heterocycles. The van der Waals surface area contributed by atoms with Gasteiger partial charge in [-0.2, -0.15) is 0 Å². The van der Waals surface area contributed by atoms with E-state index in [1.54, 1.807) is 13.0 Å². The van der Waals surface area contributed by atoms with Crippen molar-refractivity contribution >= 4 is 22.6 Å². The van der Waals surface area contributed by atoms with Crippen molar-refractivity contribution in [2.75, 3.05) is 13.1 Å². The Balaban J connectivity index is 2.17. The number of halogens is 1. The van der Waals surface area contributed by atoms with Crippen molar-refractivity contribution in [2.24, 2.45) is 5.92 Å². The molecule has 1 aromatic carbocycles. The van der Waals surface area contributed by atoms with Gasteiger partial charge in [0.1, 0.15) is 16.9 Å². The monoisotopic (exact) mass is 281 g/mol. The van der Waals surface area contributed by atoms with Crippen LogP contribution in [-0.2, 0) is 5.60 Å². The van der Waals surface area contributed by atoms with Gasteiger partial charge in [-0.15, -0.1) is 0 Å². The largest absolute Gasteiger partial charge is 0.458 e. The molecule has 3 nitrogen and oxygen atoms in total. The number of aliphatic hydroxyl groups is 1. The van der Waals surface area contributed by atoms with Crippen molar-refractivity contribution in [1.82, 2.24) is 5.32 Å². The van der Waals surface area contributed by atoms with Crippen LogP contribution in [0, 0.1) is 5.92 Å². The third kappa shape index (κ3) is 3.50. The van der Waals surface area contributed by atoms with E-state index in [2.05, 4.69) is 19.2 Å². The van der Waals surface area contributed by atoms with Gasteiger partial charge >= 0.3 is 0 Å². The zero-order valence-corrected chi connectivity index (χ0v) is 12.3. The van der Waals surface area contributed by atoms with Crippen LogP contribution in [-0.4, -0.2) is 18.2 Å². The van der Waals surface area contributed by atoms with Gasteiger partial charge in [0.2, 0.25) is 0 Å². The number of furan rings is 1. The molecule has 2 N–H and O–H groups in total. The van der Waals surface area contributed by atoms with E-state index in [1.165, 1.54) is 0 Å². The van der Waals surface area contributed by atoms with Crippen LogP contribution >= 0.6 is 11.6 Å². The van der Waals surface area contributed by atoms with Crippen LogP contribution in [0.2, 0.25) is 5.02 Å². The van der Waals surface area contributed by atoms with Crippen molar-refractivity contribution in [3.63, 3.8) is 0 Å². The molecule has 2 rings (SSSR count). The summed E-state index contributed by atoms with van der Waals surface area (Å²) >= 11 is 5.94. The fourth-order valence-electron chi connectivity index (χ4n) is 1.97. The molecule has 1 unspecified atom stereocenters. The third-order valence-corrected chi connectivity index (χ3v) is 3.27. The van der Waals surface area contributed by atoms with Crippen molar-refractivity contribution in [3.05, 3.63) is 35.0 Å². The average molecular weight is 282 g/mol. The normalized spacial score (nSPS) is 15.1. The first-order chi connectivity index (χ1) is 8.88. The fraction of sp³-hybridized carbons (Fsp3) is 0.467. The van der Waals surface area contributed by atoms with E-state index in [9.17, 15) is 5.11 Å². The van der Waals surface area contributed by atoms with Crippen LogP contribution in [0.25, 0.3) is 11.0 Å². The van der Waals surface area contributed by atoms with Gasteiger partial charge in [0, 0.05) is 17.0 Å². The van der Waals surface area contributed by atoms with Crippen LogP contribution in [0.15, 0.2) is 28.7 Å². The smallest absolute Gasteiger partial charge is 0.137 e. The first-order valence-electron chi connectivity index (χ1n) is 6.51. The maximum atomic E-state index is 10.5. The van der Waals surface area contributed by atoms with E-state index in [0.717, 1.165) is 17.5 Å². The second kappa shape index (κ2) is 5.53. The van der Waals surface area contributed by atoms with Gasteiger partial charge in [-0.3, -0.25) is 0 Å². The minimum Gasteiger partial charge on any atom is -0.458 e. The van der Waals surface area contributed by atoms with Gasteiger partial charge in [0.05, 0.1) is 0 Å². The minimum atomic E-state index is -1.03. The Bertz CT molecular complexity index is 560. The van der Waals surface area contributed by atoms with Gasteiger partial charge in [-0.25, -0.2) is 0 Å². The predicted octanol–water partition coefficient (Wildman–Crippen LogP) is 3.54. The molecule has 0 aliphatic heterocycles. The third-order valence-electron chi connectivity index (χ3n) is 3.03. The summed E-state index contributed by atoms with van der Waals surface area (Å²) in [6.45, 7) is 7.33. The van der Waals surface area contributed by atoms with E-state index in [-0.39, 0.29) is 0 Å². The molecule has 0 bridgehead atoms. The molecular weight excluding hydrogens is 262 g/mol. The maximum Gasteiger partial charge on any atom is 0.137 e. The van der Waals surface area contributed by atoms with Crippen molar-refractivity contribution in [1.29, 1.82) is 0 Å². The lowest BCUT2D eigenvalue weighted by molar-refractivity contribution is 0.0354. The highest BCUT2D eigenvalue weighted by Gasteiger charge is 2.27. The number of fused-ring (bicyclic) bond motifs is 1. The van der Waals surface area contributed by atoms with Gasteiger partial charge < -0.3 is 14.8 Å². The first-order valence-corrected chi connectivity index (χ1v) is 6.89. The minimum absolute atomic E-state index is 0.457. The van der Waals surface area contributed by atoms with Crippen LogP contribution in [0.4, 0.5) is 0 Å². The van der Waals surface area contributed by atoms with Crippen LogP contribution < -0.4 is 5.32 Å². The van der Waals surface area contributed by atoms with E-state index in [0.29, 0.717) is 23.2 Å². The molecule has 0 aliphatic carbocycles. The number of hydrogen-bond acceptors (Lipinski definition) is 3. The fourth-order valence-corrected chi connectivity index (χ4v) is 2.15. The number of rotatable bonds is 5. The Kier molecular flexibility index (Phi) is 4.19. The quantitative estimate of drug-likeness (QED) is 0.881. The van der Waals surface area contributed by atoms with E-state index in [4.69, 9.17) is 16.0 Å². The molecule has 0 saturated carbocycles. The Morgan fingerprint density at radius 2 is 2.11 bits per heavy atom. The van der Waals surface area contributed by atoms with Crippen LogP contribution in [0.1, 0.15) is 26.5 Å². The highest BCUT2D eigenvalue weighted by atomic mass is 35.5. The molecule has 1 aromatic heterocycles. The van der Waals surface area contributed by atoms with E-state index in [1.807, 2.05) is 18.2 Å². The van der Waals surface area contributed by atoms with E-state index >= 15 is 0 Å². The van der Waals surface area contributed by atoms with Crippen LogP contribution in [0.3, 0.4) is 0 Å². The lowest BCUT2D eigenvalue weighted by Gasteiger charge is -2.21. The summed E-state index contributed by atoms with van der Waals surface area (Å²) in [6.07, 6.45) is 0. The summed E-state index contributed by atoms with van der Waals surface area (Å²) in [4.78, 5) is 0. The zero-order valence-electron chi connectivity index (χ0n) is 11.5. The molecule has 0 aliphatic rings. The molecule has 0 fully saturated rings. The average Bonchev–Trinajstić information content (AvgIpc) is 2.71. The van der Waals surface area contributed by atoms with Gasteiger partial charge in [0.25, 0.3) is 0 Å². The standard InChI is InChI=1S/C15H20ClNO2/c1-10(2)8-17-9-15(3,18)14-7-11-6-12(16)4-5-13(11)19-14/h4-7,10,17-18H,8-9H2,1-3H3. The molecule has 104 valence electrons. The second-order valence-electron chi connectivity index (χ2n) is 5.59. The Morgan fingerprint density at radius 3 is 2.79 bits per heavy atom. The lowest BCUT2D eigenvalue weighted by Crippen LogP contribution is -2.36. The molecule has 2 aromatic rings. The highest BCUT2D eigenvalue weighted by Crippen LogP contribution is 2.29. The Morgan fingerprint density at radius 1 is 1.37 bits per heavy atom. The molecule has 0 radical (unpaired) electrons.